The van der Waals surface area contributed by atoms with Gasteiger partial charge in [0.25, 0.3) is 5.91 Å². The Morgan fingerprint density at radius 3 is 2.40 bits per heavy atom. The molecule has 8 heteroatoms. The lowest BCUT2D eigenvalue weighted by Crippen LogP contribution is -2.26. The third-order valence-electron chi connectivity index (χ3n) is 7.43. The van der Waals surface area contributed by atoms with Gasteiger partial charge in [-0.3, -0.25) is 4.79 Å². The zero-order valence-corrected chi connectivity index (χ0v) is 24.3. The summed E-state index contributed by atoms with van der Waals surface area (Å²) in [6.45, 7) is 11.8. The van der Waals surface area contributed by atoms with Crippen LogP contribution < -0.4 is 10.1 Å². The van der Waals surface area contributed by atoms with Crippen molar-refractivity contribution in [2.24, 2.45) is 0 Å². The number of aliphatic carboxylic acids is 1. The van der Waals surface area contributed by atoms with Crippen LogP contribution in [0.25, 0.3) is 10.9 Å². The SMILES string of the molecule is Cc1c(C)n(Cc2ccc(O[C@@H](C)C(=O)O)c(F)c2Cl)c2ccc(C(=O)N[C@@H](C)c3cccc(C(C)C)c3)cc12. The molecule has 0 radical (unpaired) electrons. The largest absolute Gasteiger partial charge is 0.479 e. The summed E-state index contributed by atoms with van der Waals surface area (Å²) >= 11 is 6.35. The molecule has 0 saturated heterocycles. The van der Waals surface area contributed by atoms with Crippen LogP contribution in [0.5, 0.6) is 5.75 Å². The van der Waals surface area contributed by atoms with E-state index in [1.807, 2.05) is 49.6 Å². The molecule has 6 nitrogen and oxygen atoms in total. The van der Waals surface area contributed by atoms with Gasteiger partial charge in [-0.25, -0.2) is 9.18 Å². The molecule has 4 aromatic rings. The second-order valence-electron chi connectivity index (χ2n) is 10.5. The average Bonchev–Trinajstić information content (AvgIpc) is 3.16. The predicted molar refractivity (Wildman–Crippen MR) is 156 cm³/mol. The van der Waals surface area contributed by atoms with Crippen molar-refractivity contribution in [2.45, 2.75) is 66.2 Å². The van der Waals surface area contributed by atoms with Crippen molar-refractivity contribution in [2.75, 3.05) is 0 Å². The Morgan fingerprint density at radius 1 is 1.02 bits per heavy atom. The molecule has 210 valence electrons. The third-order valence-corrected chi connectivity index (χ3v) is 7.84. The fourth-order valence-corrected chi connectivity index (χ4v) is 4.96. The highest BCUT2D eigenvalue weighted by atomic mass is 35.5. The van der Waals surface area contributed by atoms with E-state index in [0.29, 0.717) is 17.0 Å². The van der Waals surface area contributed by atoms with E-state index < -0.39 is 17.9 Å². The molecule has 0 saturated carbocycles. The fraction of sp³-hybridized carbons (Fsp3) is 0.312. The van der Waals surface area contributed by atoms with E-state index in [0.717, 1.165) is 27.7 Å². The first-order valence-electron chi connectivity index (χ1n) is 13.3. The number of nitrogens with zero attached hydrogens (tertiary/aromatic N) is 1. The molecule has 0 unspecified atom stereocenters. The number of halogens is 2. The number of carboxylic acids is 1. The maximum Gasteiger partial charge on any atom is 0.344 e. The van der Waals surface area contributed by atoms with Gasteiger partial charge < -0.3 is 19.7 Å². The van der Waals surface area contributed by atoms with Crippen LogP contribution in [0.4, 0.5) is 4.39 Å². The molecular weight excluding hydrogens is 531 g/mol. The van der Waals surface area contributed by atoms with Crippen LogP contribution in [0.3, 0.4) is 0 Å². The summed E-state index contributed by atoms with van der Waals surface area (Å²) in [5, 5.41) is 13.0. The second-order valence-corrected chi connectivity index (χ2v) is 10.9. The normalized spacial score (nSPS) is 12.9. The van der Waals surface area contributed by atoms with Gasteiger partial charge in [-0.05, 0) is 80.1 Å². The van der Waals surface area contributed by atoms with Gasteiger partial charge in [-0.2, -0.15) is 0 Å². The summed E-state index contributed by atoms with van der Waals surface area (Å²) < 4.78 is 22.2. The van der Waals surface area contributed by atoms with Crippen molar-refractivity contribution in [3.8, 4) is 5.75 Å². The van der Waals surface area contributed by atoms with Gasteiger partial charge in [0, 0.05) is 28.7 Å². The number of hydrogen-bond acceptors (Lipinski definition) is 3. The van der Waals surface area contributed by atoms with Crippen molar-refractivity contribution in [3.63, 3.8) is 0 Å². The molecule has 2 atom stereocenters. The highest BCUT2D eigenvalue weighted by Gasteiger charge is 2.21. The topological polar surface area (TPSA) is 80.6 Å². The van der Waals surface area contributed by atoms with E-state index in [4.69, 9.17) is 21.4 Å². The Morgan fingerprint density at radius 2 is 1.73 bits per heavy atom. The standard InChI is InChI=1S/C32H34ClFN2O4/c1-17(2)22-8-7-9-23(14-22)19(4)35-31(37)24-10-12-27-26(15-24)18(3)20(5)36(27)16-25-11-13-28(30(34)29(25)33)40-21(6)32(38)39/h7-15,17,19,21H,16H2,1-6H3,(H,35,37)(H,38,39)/t19-,21-/m0/s1. The van der Waals surface area contributed by atoms with Gasteiger partial charge in [0.05, 0.1) is 11.1 Å². The first-order valence-corrected chi connectivity index (χ1v) is 13.6. The van der Waals surface area contributed by atoms with Gasteiger partial charge in [0.15, 0.2) is 17.7 Å². The quantitative estimate of drug-likeness (QED) is 0.220. The molecule has 1 heterocycles. The van der Waals surface area contributed by atoms with E-state index in [1.165, 1.54) is 18.6 Å². The summed E-state index contributed by atoms with van der Waals surface area (Å²) in [5.41, 5.74) is 6.21. The summed E-state index contributed by atoms with van der Waals surface area (Å²) in [5.74, 6) is -1.98. The van der Waals surface area contributed by atoms with Crippen molar-refractivity contribution in [3.05, 3.63) is 98.9 Å². The van der Waals surface area contributed by atoms with Crippen LogP contribution in [0.1, 0.15) is 78.0 Å². The maximum atomic E-state index is 14.9. The monoisotopic (exact) mass is 564 g/mol. The first-order chi connectivity index (χ1) is 18.9. The number of ether oxygens (including phenoxy) is 1. The van der Waals surface area contributed by atoms with E-state index in [9.17, 15) is 14.0 Å². The molecule has 1 amide bonds. The van der Waals surface area contributed by atoms with E-state index in [-0.39, 0.29) is 29.3 Å². The maximum absolute atomic E-state index is 14.9. The van der Waals surface area contributed by atoms with Crippen LogP contribution in [-0.4, -0.2) is 27.7 Å². The van der Waals surface area contributed by atoms with Gasteiger partial charge in [-0.1, -0.05) is 55.8 Å². The zero-order valence-electron chi connectivity index (χ0n) is 23.5. The van der Waals surface area contributed by atoms with Gasteiger partial charge >= 0.3 is 5.97 Å². The number of hydrogen-bond donors (Lipinski definition) is 2. The summed E-state index contributed by atoms with van der Waals surface area (Å²) in [6, 6.07) is 16.7. The van der Waals surface area contributed by atoms with Crippen LogP contribution >= 0.6 is 11.6 Å². The summed E-state index contributed by atoms with van der Waals surface area (Å²) in [4.78, 5) is 24.3. The van der Waals surface area contributed by atoms with Gasteiger partial charge in [-0.15, -0.1) is 0 Å². The lowest BCUT2D eigenvalue weighted by molar-refractivity contribution is -0.144. The molecule has 0 bridgehead atoms. The molecule has 40 heavy (non-hydrogen) atoms. The van der Waals surface area contributed by atoms with E-state index in [2.05, 4.69) is 31.3 Å². The molecule has 4 rings (SSSR count). The molecule has 0 spiro atoms. The predicted octanol–water partition coefficient (Wildman–Crippen LogP) is 7.57. The Balaban J connectivity index is 1.59. The summed E-state index contributed by atoms with van der Waals surface area (Å²) in [6.07, 6.45) is -1.21. The van der Waals surface area contributed by atoms with Crippen molar-refractivity contribution >= 4 is 34.4 Å². The lowest BCUT2D eigenvalue weighted by atomic mass is 9.98. The first kappa shape index (κ1) is 29.2. The Hall–Kier alpha value is -3.84. The Bertz CT molecular complexity index is 1590. The smallest absolute Gasteiger partial charge is 0.344 e. The van der Waals surface area contributed by atoms with E-state index >= 15 is 0 Å². The number of benzene rings is 3. The molecular formula is C32H34ClFN2O4. The highest BCUT2D eigenvalue weighted by Crippen LogP contribution is 2.33. The van der Waals surface area contributed by atoms with Crippen molar-refractivity contribution in [1.29, 1.82) is 0 Å². The van der Waals surface area contributed by atoms with Crippen LogP contribution in [0, 0.1) is 19.7 Å². The van der Waals surface area contributed by atoms with Gasteiger partial charge in [0.1, 0.15) is 0 Å². The van der Waals surface area contributed by atoms with Crippen LogP contribution in [-0.2, 0) is 11.3 Å². The third kappa shape index (κ3) is 5.85. The molecule has 0 aliphatic heterocycles. The zero-order chi connectivity index (χ0) is 29.3. The van der Waals surface area contributed by atoms with Crippen molar-refractivity contribution < 1.29 is 23.8 Å². The summed E-state index contributed by atoms with van der Waals surface area (Å²) in [7, 11) is 0. The van der Waals surface area contributed by atoms with Crippen molar-refractivity contribution in [1.82, 2.24) is 9.88 Å². The molecule has 3 aromatic carbocycles. The number of amides is 1. The number of aryl methyl sites for hydroxylation is 1. The minimum absolute atomic E-state index is 0.125. The second kappa shape index (κ2) is 11.7. The molecule has 1 aromatic heterocycles. The average molecular weight is 565 g/mol. The fourth-order valence-electron chi connectivity index (χ4n) is 4.74. The molecule has 0 fully saturated rings. The van der Waals surface area contributed by atoms with Crippen LogP contribution in [0.2, 0.25) is 5.02 Å². The van der Waals surface area contributed by atoms with Gasteiger partial charge in [0.2, 0.25) is 0 Å². The number of carbonyl (C=O) groups is 2. The minimum Gasteiger partial charge on any atom is -0.479 e. The molecule has 2 N–H and O–H groups in total. The molecule has 0 aliphatic carbocycles. The number of aromatic nitrogens is 1. The number of carboxylic acid groups (broad SMARTS) is 1. The van der Waals surface area contributed by atoms with Crippen LogP contribution in [0.15, 0.2) is 54.6 Å². The van der Waals surface area contributed by atoms with E-state index in [1.54, 1.807) is 12.1 Å². The lowest BCUT2D eigenvalue weighted by Gasteiger charge is -2.17. The highest BCUT2D eigenvalue weighted by molar-refractivity contribution is 6.31. The molecule has 0 aliphatic rings. The Labute approximate surface area is 238 Å². The minimum atomic E-state index is -1.21. The number of carbonyl (C=O) groups excluding carboxylic acids is 1. The Kier molecular flexibility index (Phi) is 8.54. The number of fused-ring (bicyclic) bond motifs is 1. The number of rotatable bonds is 9. The number of nitrogens with one attached hydrogen (secondary N) is 1.